The first-order valence-electron chi connectivity index (χ1n) is 9.29. The van der Waals surface area contributed by atoms with E-state index >= 15 is 0 Å². The lowest BCUT2D eigenvalue weighted by atomic mass is 10.2. The van der Waals surface area contributed by atoms with Gasteiger partial charge in [-0.05, 0) is 26.0 Å². The van der Waals surface area contributed by atoms with Crippen LogP contribution in [0.1, 0.15) is 24.2 Å². The lowest BCUT2D eigenvalue weighted by Crippen LogP contribution is -2.32. The number of hydrogen-bond donors (Lipinski definition) is 2. The van der Waals surface area contributed by atoms with Crippen molar-refractivity contribution in [3.8, 4) is 0 Å². The van der Waals surface area contributed by atoms with Gasteiger partial charge >= 0.3 is 6.09 Å². The molecule has 0 radical (unpaired) electrons. The Labute approximate surface area is 182 Å². The molecule has 2 aromatic rings. The molecule has 1 fully saturated rings. The summed E-state index contributed by atoms with van der Waals surface area (Å²) in [5.41, 5.74) is -1.13. The van der Waals surface area contributed by atoms with Gasteiger partial charge in [0.2, 0.25) is 5.43 Å². The van der Waals surface area contributed by atoms with E-state index in [1.807, 2.05) is 0 Å². The molecule has 7 nitrogen and oxygen atoms in total. The molecule has 2 N–H and O–H groups in total. The van der Waals surface area contributed by atoms with Crippen molar-refractivity contribution >= 4 is 46.1 Å². The number of nitrogens with zero attached hydrogens (tertiary/aromatic N) is 1. The Kier molecular flexibility index (Phi) is 6.59. The van der Waals surface area contributed by atoms with Gasteiger partial charge in [-0.3, -0.25) is 14.5 Å². The summed E-state index contributed by atoms with van der Waals surface area (Å²) in [7, 11) is 0. The highest BCUT2D eigenvalue weighted by Crippen LogP contribution is 2.30. The van der Waals surface area contributed by atoms with Crippen LogP contribution in [0.25, 0.3) is 0 Å². The topological polar surface area (TPSA) is 87.7 Å². The molecule has 1 aliphatic heterocycles. The molecular weight excluding hydrogens is 428 g/mol. The van der Waals surface area contributed by atoms with Crippen molar-refractivity contribution in [2.24, 2.45) is 0 Å². The van der Waals surface area contributed by atoms with Gasteiger partial charge in [-0.1, -0.05) is 24.4 Å². The number of carbonyl (C=O) groups excluding carboxylic acids is 2. The van der Waals surface area contributed by atoms with Crippen LogP contribution >= 0.6 is 12.2 Å². The minimum Gasteiger partial charge on any atom is -0.442 e. The second kappa shape index (κ2) is 9.17. The Morgan fingerprint density at radius 2 is 1.87 bits per heavy atom. The summed E-state index contributed by atoms with van der Waals surface area (Å²) in [6, 6.07) is 7.15. The zero-order chi connectivity index (χ0) is 22.7. The van der Waals surface area contributed by atoms with Crippen molar-refractivity contribution in [3.63, 3.8) is 0 Å². The molecular formula is C21H19F2N3O4S. The number of carbonyl (C=O) groups is 2. The third-order valence-electron chi connectivity index (χ3n) is 4.55. The summed E-state index contributed by atoms with van der Waals surface area (Å²) < 4.78 is 34.6. The van der Waals surface area contributed by atoms with E-state index < -0.39 is 34.9 Å². The third-order valence-corrected chi connectivity index (χ3v) is 4.69. The average molecular weight is 447 g/mol. The molecule has 1 aliphatic rings. The summed E-state index contributed by atoms with van der Waals surface area (Å²) in [6.07, 6.45) is -1.27. The van der Waals surface area contributed by atoms with E-state index in [9.17, 15) is 23.2 Å². The maximum absolute atomic E-state index is 14.7. The lowest BCUT2D eigenvalue weighted by Gasteiger charge is -2.16. The number of anilines is 3. The van der Waals surface area contributed by atoms with Crippen LogP contribution in [0.2, 0.25) is 0 Å². The van der Waals surface area contributed by atoms with Gasteiger partial charge in [0.1, 0.15) is 11.8 Å². The summed E-state index contributed by atoms with van der Waals surface area (Å²) in [5, 5.41) is 5.30. The van der Waals surface area contributed by atoms with Gasteiger partial charge in [0.15, 0.2) is 17.4 Å². The lowest BCUT2D eigenvalue weighted by molar-refractivity contribution is 0.101. The molecule has 0 aliphatic carbocycles. The summed E-state index contributed by atoms with van der Waals surface area (Å²) in [4.78, 5) is 37.6. The minimum atomic E-state index is -1.02. The van der Waals surface area contributed by atoms with Crippen molar-refractivity contribution in [3.05, 3.63) is 63.8 Å². The predicted molar refractivity (Wildman–Crippen MR) is 116 cm³/mol. The number of hydrogen-bond acceptors (Lipinski definition) is 6. The smallest absolute Gasteiger partial charge is 0.414 e. The van der Waals surface area contributed by atoms with Gasteiger partial charge < -0.3 is 15.4 Å². The highest BCUT2D eigenvalue weighted by molar-refractivity contribution is 7.80. The molecule has 10 heteroatoms. The second-order valence-electron chi connectivity index (χ2n) is 6.92. The number of ether oxygens (including phenoxy) is 1. The van der Waals surface area contributed by atoms with Crippen molar-refractivity contribution in [2.75, 3.05) is 23.3 Å². The van der Waals surface area contributed by atoms with Gasteiger partial charge in [0, 0.05) is 17.7 Å². The van der Waals surface area contributed by atoms with Crippen molar-refractivity contribution in [1.29, 1.82) is 0 Å². The Morgan fingerprint density at radius 1 is 1.19 bits per heavy atom. The fraction of sp³-hybridized carbons (Fsp3) is 0.238. The summed E-state index contributed by atoms with van der Waals surface area (Å²) >= 11 is 4.91. The maximum atomic E-state index is 14.7. The third kappa shape index (κ3) is 5.21. The van der Waals surface area contributed by atoms with Gasteiger partial charge in [-0.25, -0.2) is 13.6 Å². The fourth-order valence-corrected chi connectivity index (χ4v) is 3.07. The van der Waals surface area contributed by atoms with Crippen LogP contribution in [0.3, 0.4) is 0 Å². The summed E-state index contributed by atoms with van der Waals surface area (Å²) in [5.74, 6) is -2.35. The van der Waals surface area contributed by atoms with Crippen LogP contribution in [0.4, 0.5) is 30.6 Å². The SMILES string of the molecule is CC(=O)c1cccc(=O)c(Nc2c(F)cc(N3C[C@H](CNC(C)=S)OC3=O)cc2F)c1. The Bertz CT molecular complexity index is 1100. The highest BCUT2D eigenvalue weighted by Gasteiger charge is 2.33. The molecule has 0 spiro atoms. The first-order valence-corrected chi connectivity index (χ1v) is 9.70. The predicted octanol–water partition coefficient (Wildman–Crippen LogP) is 3.53. The van der Waals surface area contributed by atoms with Gasteiger partial charge in [0.25, 0.3) is 0 Å². The van der Waals surface area contributed by atoms with Crippen LogP contribution in [0.15, 0.2) is 41.2 Å². The average Bonchev–Trinajstić information content (AvgIpc) is 2.96. The number of Topliss-reactive ketones (excluding diaryl/α,β-unsaturated/α-hetero) is 1. The van der Waals surface area contributed by atoms with E-state index in [-0.39, 0.29) is 35.8 Å². The molecule has 1 saturated heterocycles. The number of rotatable bonds is 6. The molecule has 162 valence electrons. The number of benzene rings is 1. The molecule has 0 unspecified atom stereocenters. The molecule has 0 saturated carbocycles. The van der Waals surface area contributed by atoms with E-state index in [1.165, 1.54) is 31.2 Å². The number of nitrogens with one attached hydrogen (secondary N) is 2. The molecule has 1 heterocycles. The molecule has 0 aromatic heterocycles. The van der Waals surface area contributed by atoms with E-state index in [1.54, 1.807) is 6.92 Å². The highest BCUT2D eigenvalue weighted by atomic mass is 32.1. The Balaban J connectivity index is 1.87. The van der Waals surface area contributed by atoms with Crippen LogP contribution < -0.4 is 21.0 Å². The van der Waals surface area contributed by atoms with Gasteiger partial charge in [-0.2, -0.15) is 0 Å². The van der Waals surface area contributed by atoms with Crippen LogP contribution in [-0.4, -0.2) is 36.1 Å². The number of amides is 1. The molecule has 0 bridgehead atoms. The quantitative estimate of drug-likeness (QED) is 0.517. The van der Waals surface area contributed by atoms with Gasteiger partial charge in [-0.15, -0.1) is 0 Å². The van der Waals surface area contributed by atoms with E-state index in [2.05, 4.69) is 10.6 Å². The Morgan fingerprint density at radius 3 is 2.48 bits per heavy atom. The van der Waals surface area contributed by atoms with Crippen LogP contribution in [0.5, 0.6) is 0 Å². The first-order chi connectivity index (χ1) is 14.7. The Hall–Kier alpha value is -3.40. The normalized spacial score (nSPS) is 15.4. The zero-order valence-corrected chi connectivity index (χ0v) is 17.5. The largest absolute Gasteiger partial charge is 0.442 e. The van der Waals surface area contributed by atoms with Crippen molar-refractivity contribution in [1.82, 2.24) is 5.32 Å². The van der Waals surface area contributed by atoms with Crippen molar-refractivity contribution < 1.29 is 23.1 Å². The standard InChI is InChI=1S/C21H19F2N3O4S/c1-11(27)13-4-3-5-19(28)18(6-13)25-20-16(22)7-14(8-17(20)23)26-10-15(30-21(26)29)9-24-12(2)31/h3-8,15H,9-10H2,1-2H3,(H,24,31)(H,25,28)/t15-/m0/s1. The first kappa shape index (κ1) is 22.3. The maximum Gasteiger partial charge on any atom is 0.414 e. The molecule has 1 amide bonds. The fourth-order valence-electron chi connectivity index (χ4n) is 2.99. The minimum absolute atomic E-state index is 0.0301. The second-order valence-corrected chi connectivity index (χ2v) is 7.53. The summed E-state index contributed by atoms with van der Waals surface area (Å²) in [6.45, 7) is 3.35. The van der Waals surface area contributed by atoms with E-state index in [4.69, 9.17) is 17.0 Å². The van der Waals surface area contributed by atoms with E-state index in [0.29, 0.717) is 4.99 Å². The van der Waals surface area contributed by atoms with Gasteiger partial charge in [0.05, 0.1) is 29.5 Å². The number of halogens is 2. The van der Waals surface area contributed by atoms with Crippen LogP contribution in [0, 0.1) is 11.6 Å². The zero-order valence-electron chi connectivity index (χ0n) is 16.7. The number of thiocarbonyl (C=S) groups is 1. The molecule has 31 heavy (non-hydrogen) atoms. The number of ketones is 1. The molecule has 2 aromatic carbocycles. The van der Waals surface area contributed by atoms with E-state index in [0.717, 1.165) is 17.0 Å². The monoisotopic (exact) mass is 447 g/mol. The number of cyclic esters (lactones) is 1. The molecule has 1 atom stereocenters. The van der Waals surface area contributed by atoms with Crippen molar-refractivity contribution in [2.45, 2.75) is 20.0 Å². The van der Waals surface area contributed by atoms with Crippen LogP contribution in [-0.2, 0) is 4.74 Å². The molecule has 3 rings (SSSR count).